The van der Waals surface area contributed by atoms with Gasteiger partial charge < -0.3 is 9.47 Å². The van der Waals surface area contributed by atoms with E-state index in [1.165, 1.54) is 63.4 Å². The summed E-state index contributed by atoms with van der Waals surface area (Å²) in [4.78, 5) is 11.3. The third kappa shape index (κ3) is 14.0. The van der Waals surface area contributed by atoms with E-state index in [2.05, 4.69) is 29.3 Å². The highest BCUT2D eigenvalue weighted by Gasteiger charge is 2.01. The minimum Gasteiger partial charge on any atom is -0.494 e. The predicted octanol–water partition coefficient (Wildman–Crippen LogP) is 9.68. The fourth-order valence-corrected chi connectivity index (χ4v) is 4.06. The maximum absolute atomic E-state index is 11.3. The Balaban J connectivity index is 1.52. The Hall–Kier alpha value is -2.69. The van der Waals surface area contributed by atoms with Crippen LogP contribution in [0, 0.1) is 0 Å². The molecule has 0 fully saturated rings. The lowest BCUT2D eigenvalue weighted by Gasteiger charge is -2.06. The Labute approximate surface area is 218 Å². The zero-order chi connectivity index (χ0) is 25.7. The Morgan fingerprint density at radius 3 is 1.83 bits per heavy atom. The summed E-state index contributed by atoms with van der Waals surface area (Å²) in [5.41, 5.74) is 3.08. The summed E-state index contributed by atoms with van der Waals surface area (Å²) in [6, 6.07) is 16.2. The molecule has 0 bridgehead atoms. The van der Waals surface area contributed by atoms with Crippen LogP contribution in [0.4, 0.5) is 11.4 Å². The molecule has 5 nitrogen and oxygen atoms in total. The van der Waals surface area contributed by atoms with E-state index in [4.69, 9.17) is 9.47 Å². The normalized spacial score (nSPS) is 11.2. The number of hydrogen-bond acceptors (Lipinski definition) is 5. The van der Waals surface area contributed by atoms with Gasteiger partial charge in [-0.1, -0.05) is 76.8 Å². The second-order valence-corrected chi connectivity index (χ2v) is 9.40. The molecular formula is C31H46N2O3. The number of azo groups is 1. The highest BCUT2D eigenvalue weighted by atomic mass is 16.5. The molecule has 2 aromatic carbocycles. The lowest BCUT2D eigenvalue weighted by Crippen LogP contribution is -2.03. The number of rotatable bonds is 20. The summed E-state index contributed by atoms with van der Waals surface area (Å²) in [6.07, 6.45) is 16.1. The van der Waals surface area contributed by atoms with Gasteiger partial charge in [0.25, 0.3) is 0 Å². The van der Waals surface area contributed by atoms with E-state index in [0.717, 1.165) is 49.4 Å². The van der Waals surface area contributed by atoms with Crippen LogP contribution in [0.3, 0.4) is 0 Å². The van der Waals surface area contributed by atoms with E-state index < -0.39 is 0 Å². The first-order valence-electron chi connectivity index (χ1n) is 14.1. The lowest BCUT2D eigenvalue weighted by molar-refractivity contribution is -0.143. The molecule has 36 heavy (non-hydrogen) atoms. The van der Waals surface area contributed by atoms with Crippen molar-refractivity contribution < 1.29 is 14.3 Å². The Morgan fingerprint density at radius 1 is 0.667 bits per heavy atom. The number of hydrogen-bond donors (Lipinski definition) is 0. The summed E-state index contributed by atoms with van der Waals surface area (Å²) in [6.45, 7) is 5.32. The zero-order valence-corrected chi connectivity index (χ0v) is 22.6. The fraction of sp³-hybridized carbons (Fsp3) is 0.581. The highest BCUT2D eigenvalue weighted by Crippen LogP contribution is 2.22. The molecule has 0 spiro atoms. The number of carbonyl (C=O) groups excluding carboxylic acids is 1. The van der Waals surface area contributed by atoms with E-state index >= 15 is 0 Å². The zero-order valence-electron chi connectivity index (χ0n) is 22.6. The molecule has 0 unspecified atom stereocenters. The van der Waals surface area contributed by atoms with Gasteiger partial charge in [0.2, 0.25) is 0 Å². The van der Waals surface area contributed by atoms with Gasteiger partial charge in [-0.15, -0.1) is 0 Å². The van der Waals surface area contributed by atoms with Crippen LogP contribution in [0.25, 0.3) is 0 Å². The molecule has 0 aliphatic carbocycles. The largest absolute Gasteiger partial charge is 0.494 e. The lowest BCUT2D eigenvalue weighted by atomic mass is 10.1. The number of unbranched alkanes of at least 4 members (excludes halogenated alkanes) is 10. The van der Waals surface area contributed by atoms with Gasteiger partial charge >= 0.3 is 5.97 Å². The Bertz CT molecular complexity index is 847. The third-order valence-electron chi connectivity index (χ3n) is 6.22. The first kappa shape index (κ1) is 29.5. The van der Waals surface area contributed by atoms with E-state index in [1.54, 1.807) is 0 Å². The molecule has 2 rings (SSSR count). The minimum atomic E-state index is -0.0644. The summed E-state index contributed by atoms with van der Waals surface area (Å²) < 4.78 is 10.8. The number of esters is 1. The van der Waals surface area contributed by atoms with Crippen molar-refractivity contribution in [1.29, 1.82) is 0 Å². The second-order valence-electron chi connectivity index (χ2n) is 9.40. The number of carbonyl (C=O) groups is 1. The van der Waals surface area contributed by atoms with Crippen LogP contribution in [0.2, 0.25) is 0 Å². The number of benzene rings is 2. The van der Waals surface area contributed by atoms with Crippen molar-refractivity contribution in [3.05, 3.63) is 54.1 Å². The third-order valence-corrected chi connectivity index (χ3v) is 6.22. The summed E-state index contributed by atoms with van der Waals surface area (Å²) in [5.74, 6) is 0.813. The van der Waals surface area contributed by atoms with Gasteiger partial charge in [-0.3, -0.25) is 4.79 Å². The number of ether oxygens (including phenoxy) is 2. The summed E-state index contributed by atoms with van der Waals surface area (Å²) in [5, 5.41) is 8.72. The molecule has 0 aromatic heterocycles. The maximum atomic E-state index is 11.3. The highest BCUT2D eigenvalue weighted by molar-refractivity contribution is 5.69. The molecule has 0 amide bonds. The van der Waals surface area contributed by atoms with Crippen LogP contribution in [-0.4, -0.2) is 19.2 Å². The molecule has 0 heterocycles. The quantitative estimate of drug-likeness (QED) is 0.105. The fourth-order valence-electron chi connectivity index (χ4n) is 4.06. The number of aryl methyl sites for hydroxylation is 1. The Morgan fingerprint density at radius 2 is 1.22 bits per heavy atom. The van der Waals surface area contributed by atoms with Crippen molar-refractivity contribution in [3.8, 4) is 5.75 Å². The minimum absolute atomic E-state index is 0.0644. The molecule has 0 radical (unpaired) electrons. The molecule has 0 aliphatic heterocycles. The SMILES string of the molecule is CCCCCCc1ccc(N=Nc2ccc(OCCCCCCCCCCC(=O)OCC)cc2)cc1. The number of nitrogens with zero attached hydrogens (tertiary/aromatic N) is 2. The van der Waals surface area contributed by atoms with Gasteiger partial charge in [0.05, 0.1) is 24.6 Å². The van der Waals surface area contributed by atoms with Crippen LogP contribution in [-0.2, 0) is 16.0 Å². The molecular weight excluding hydrogens is 448 g/mol. The van der Waals surface area contributed by atoms with E-state index in [-0.39, 0.29) is 5.97 Å². The van der Waals surface area contributed by atoms with Crippen molar-refractivity contribution >= 4 is 17.3 Å². The van der Waals surface area contributed by atoms with Crippen molar-refractivity contribution in [2.45, 2.75) is 104 Å². The van der Waals surface area contributed by atoms with Crippen LogP contribution in [0.5, 0.6) is 5.75 Å². The van der Waals surface area contributed by atoms with Crippen molar-refractivity contribution in [3.63, 3.8) is 0 Å². The van der Waals surface area contributed by atoms with Crippen molar-refractivity contribution in [2.24, 2.45) is 10.2 Å². The van der Waals surface area contributed by atoms with E-state index in [1.807, 2.05) is 43.3 Å². The molecule has 0 atom stereocenters. The molecule has 0 saturated heterocycles. The Kier molecular flexibility index (Phi) is 16.0. The molecule has 0 saturated carbocycles. The molecule has 2 aromatic rings. The smallest absolute Gasteiger partial charge is 0.305 e. The summed E-state index contributed by atoms with van der Waals surface area (Å²) >= 11 is 0. The average molecular weight is 495 g/mol. The first-order valence-corrected chi connectivity index (χ1v) is 14.1. The standard InChI is InChI=1S/C31H46N2O3/c1-3-5-6-13-16-27-18-20-28(21-19-27)32-33-29-22-24-30(25-23-29)36-26-15-12-10-8-7-9-11-14-17-31(34)35-4-2/h18-25H,3-17,26H2,1-2H3. The van der Waals surface area contributed by atoms with Crippen molar-refractivity contribution in [1.82, 2.24) is 0 Å². The van der Waals surface area contributed by atoms with E-state index in [9.17, 15) is 4.79 Å². The van der Waals surface area contributed by atoms with Crippen LogP contribution < -0.4 is 4.74 Å². The predicted molar refractivity (Wildman–Crippen MR) is 149 cm³/mol. The molecule has 0 aliphatic rings. The van der Waals surface area contributed by atoms with Gasteiger partial charge in [-0.05, 0) is 74.6 Å². The topological polar surface area (TPSA) is 60.2 Å². The molecule has 5 heteroatoms. The van der Waals surface area contributed by atoms with Gasteiger partial charge in [0.15, 0.2) is 0 Å². The second kappa shape index (κ2) is 19.5. The first-order chi connectivity index (χ1) is 17.7. The van der Waals surface area contributed by atoms with Gasteiger partial charge in [-0.25, -0.2) is 0 Å². The van der Waals surface area contributed by atoms with Crippen molar-refractivity contribution in [2.75, 3.05) is 13.2 Å². The van der Waals surface area contributed by atoms with Gasteiger partial charge in [0, 0.05) is 6.42 Å². The molecule has 198 valence electrons. The van der Waals surface area contributed by atoms with Crippen LogP contribution >= 0.6 is 0 Å². The monoisotopic (exact) mass is 494 g/mol. The van der Waals surface area contributed by atoms with Crippen LogP contribution in [0.15, 0.2) is 58.8 Å². The molecule has 0 N–H and O–H groups in total. The van der Waals surface area contributed by atoms with E-state index in [0.29, 0.717) is 13.0 Å². The summed E-state index contributed by atoms with van der Waals surface area (Å²) in [7, 11) is 0. The van der Waals surface area contributed by atoms with Gasteiger partial charge in [-0.2, -0.15) is 10.2 Å². The average Bonchev–Trinajstić information content (AvgIpc) is 2.90. The van der Waals surface area contributed by atoms with Crippen LogP contribution in [0.1, 0.15) is 103 Å². The maximum Gasteiger partial charge on any atom is 0.305 e. The van der Waals surface area contributed by atoms with Gasteiger partial charge in [0.1, 0.15) is 5.75 Å².